The van der Waals surface area contributed by atoms with Crippen molar-refractivity contribution in [3.05, 3.63) is 52.8 Å². The average molecular weight is 317 g/mol. The summed E-state index contributed by atoms with van der Waals surface area (Å²) in [6.45, 7) is 8.32. The molecular formula is C19H25ClN2. The molecule has 22 heavy (non-hydrogen) atoms. The summed E-state index contributed by atoms with van der Waals surface area (Å²) in [6, 6.07) is 6.20. The van der Waals surface area contributed by atoms with Gasteiger partial charge in [0.1, 0.15) is 0 Å². The van der Waals surface area contributed by atoms with E-state index in [1.165, 1.54) is 54.7 Å². The highest BCUT2D eigenvalue weighted by atomic mass is 35.5. The van der Waals surface area contributed by atoms with Gasteiger partial charge in [0.25, 0.3) is 0 Å². The van der Waals surface area contributed by atoms with E-state index >= 15 is 0 Å². The molecule has 0 radical (unpaired) electrons. The van der Waals surface area contributed by atoms with Gasteiger partial charge in [0, 0.05) is 29.5 Å². The maximum absolute atomic E-state index is 6.19. The van der Waals surface area contributed by atoms with Crippen LogP contribution in [0.5, 0.6) is 0 Å². The molecule has 118 valence electrons. The second kappa shape index (κ2) is 6.89. The number of hydrogen-bond acceptors (Lipinski definition) is 2. The highest BCUT2D eigenvalue weighted by Crippen LogP contribution is 2.38. The third-order valence-corrected chi connectivity index (χ3v) is 5.12. The molecule has 2 nitrogen and oxygen atoms in total. The van der Waals surface area contributed by atoms with E-state index in [-0.39, 0.29) is 0 Å². The molecule has 3 rings (SSSR count). The summed E-state index contributed by atoms with van der Waals surface area (Å²) in [6.07, 6.45) is 8.76. The number of anilines is 1. The minimum absolute atomic E-state index is 0.602. The van der Waals surface area contributed by atoms with Gasteiger partial charge in [-0.3, -0.25) is 0 Å². The molecule has 1 aliphatic carbocycles. The van der Waals surface area contributed by atoms with Crippen LogP contribution < -0.4 is 10.2 Å². The third-order valence-electron chi connectivity index (χ3n) is 4.89. The summed E-state index contributed by atoms with van der Waals surface area (Å²) in [5, 5.41) is 4.31. The minimum Gasteiger partial charge on any atom is -0.317 e. The fourth-order valence-corrected chi connectivity index (χ4v) is 3.86. The lowest BCUT2D eigenvalue weighted by Crippen LogP contribution is -2.29. The normalized spacial score (nSPS) is 21.5. The van der Waals surface area contributed by atoms with Crippen molar-refractivity contribution in [3.63, 3.8) is 0 Å². The molecule has 1 N–H and O–H groups in total. The van der Waals surface area contributed by atoms with Crippen LogP contribution in [0, 0.1) is 5.92 Å². The molecule has 1 aromatic rings. The largest absolute Gasteiger partial charge is 0.317 e. The summed E-state index contributed by atoms with van der Waals surface area (Å²) < 4.78 is 0. The molecule has 1 saturated carbocycles. The zero-order valence-corrected chi connectivity index (χ0v) is 14.1. The van der Waals surface area contributed by atoms with Crippen molar-refractivity contribution in [2.75, 3.05) is 11.4 Å². The number of nitrogens with zero attached hydrogens (tertiary/aromatic N) is 1. The van der Waals surface area contributed by atoms with E-state index in [1.807, 2.05) is 6.07 Å². The second-order valence-electron chi connectivity index (χ2n) is 6.32. The van der Waals surface area contributed by atoms with E-state index < -0.39 is 0 Å². The first kappa shape index (κ1) is 15.6. The van der Waals surface area contributed by atoms with Crippen molar-refractivity contribution in [2.24, 2.45) is 5.92 Å². The zero-order valence-electron chi connectivity index (χ0n) is 13.4. The average Bonchev–Trinajstić information content (AvgIpc) is 2.73. The summed E-state index contributed by atoms with van der Waals surface area (Å²) >= 11 is 6.19. The number of halogens is 1. The monoisotopic (exact) mass is 316 g/mol. The SMILES string of the molecule is C=C(C1CCCCC1)N1/C(=C/C)CNCc2cc(Cl)ccc21. The van der Waals surface area contributed by atoms with Crippen LogP contribution in [-0.2, 0) is 6.54 Å². The Morgan fingerprint density at radius 3 is 2.77 bits per heavy atom. The first-order chi connectivity index (χ1) is 10.7. The topological polar surface area (TPSA) is 15.3 Å². The van der Waals surface area contributed by atoms with Crippen LogP contribution in [0.3, 0.4) is 0 Å². The highest BCUT2D eigenvalue weighted by Gasteiger charge is 2.26. The molecule has 2 aliphatic rings. The van der Waals surface area contributed by atoms with E-state index in [1.54, 1.807) is 0 Å². The molecule has 1 fully saturated rings. The van der Waals surface area contributed by atoms with Gasteiger partial charge in [-0.25, -0.2) is 0 Å². The Hall–Kier alpha value is -1.25. The van der Waals surface area contributed by atoms with Crippen LogP contribution in [0.25, 0.3) is 0 Å². The van der Waals surface area contributed by atoms with Crippen molar-refractivity contribution >= 4 is 17.3 Å². The van der Waals surface area contributed by atoms with E-state index in [9.17, 15) is 0 Å². The Balaban J connectivity index is 1.99. The lowest BCUT2D eigenvalue weighted by atomic mass is 9.86. The van der Waals surface area contributed by atoms with E-state index in [0.29, 0.717) is 5.92 Å². The molecule has 0 atom stereocenters. The Bertz CT molecular complexity index is 585. The van der Waals surface area contributed by atoms with E-state index in [4.69, 9.17) is 11.6 Å². The van der Waals surface area contributed by atoms with Crippen LogP contribution >= 0.6 is 11.6 Å². The third kappa shape index (κ3) is 3.09. The fraction of sp³-hybridized carbons (Fsp3) is 0.474. The molecule has 3 heteroatoms. The summed E-state index contributed by atoms with van der Waals surface area (Å²) in [7, 11) is 0. The Morgan fingerprint density at radius 2 is 2.05 bits per heavy atom. The number of nitrogens with one attached hydrogen (secondary N) is 1. The molecule has 0 aromatic heterocycles. The molecule has 0 bridgehead atoms. The van der Waals surface area contributed by atoms with Crippen molar-refractivity contribution in [3.8, 4) is 0 Å². The number of rotatable bonds is 2. The first-order valence-corrected chi connectivity index (χ1v) is 8.71. The van der Waals surface area contributed by atoms with Crippen molar-refractivity contribution in [2.45, 2.75) is 45.6 Å². The number of benzene rings is 1. The minimum atomic E-state index is 0.602. The molecule has 0 spiro atoms. The number of hydrogen-bond donors (Lipinski definition) is 1. The van der Waals surface area contributed by atoms with Crippen molar-refractivity contribution in [1.82, 2.24) is 5.32 Å². The van der Waals surface area contributed by atoms with Crippen LogP contribution in [0.2, 0.25) is 5.02 Å². The van der Waals surface area contributed by atoms with Crippen LogP contribution in [0.15, 0.2) is 42.2 Å². The molecular weight excluding hydrogens is 292 g/mol. The van der Waals surface area contributed by atoms with E-state index in [0.717, 1.165) is 18.1 Å². The van der Waals surface area contributed by atoms with Crippen LogP contribution in [0.4, 0.5) is 5.69 Å². The van der Waals surface area contributed by atoms with Crippen LogP contribution in [0.1, 0.15) is 44.6 Å². The maximum Gasteiger partial charge on any atom is 0.0501 e. The molecule has 0 saturated heterocycles. The second-order valence-corrected chi connectivity index (χ2v) is 6.75. The van der Waals surface area contributed by atoms with Gasteiger partial charge in [0.2, 0.25) is 0 Å². The zero-order chi connectivity index (χ0) is 15.5. The lowest BCUT2D eigenvalue weighted by molar-refractivity contribution is 0.398. The maximum atomic E-state index is 6.19. The molecule has 1 aliphatic heterocycles. The van der Waals surface area contributed by atoms with Gasteiger partial charge in [-0.05, 0) is 49.4 Å². The summed E-state index contributed by atoms with van der Waals surface area (Å²) in [4.78, 5) is 2.38. The predicted molar refractivity (Wildman–Crippen MR) is 95.1 cm³/mol. The first-order valence-electron chi connectivity index (χ1n) is 8.34. The number of fused-ring (bicyclic) bond motifs is 1. The van der Waals surface area contributed by atoms with Crippen LogP contribution in [-0.4, -0.2) is 6.54 Å². The van der Waals surface area contributed by atoms with Gasteiger partial charge in [-0.2, -0.15) is 0 Å². The standard InChI is InChI=1S/C19H25ClN2/c1-3-18-13-21-12-16-11-17(20)9-10-19(16)22(18)14(2)15-7-5-4-6-8-15/h3,9-11,15,21H,2,4-8,12-13H2,1H3/b18-3+. The van der Waals surface area contributed by atoms with Gasteiger partial charge in [-0.15, -0.1) is 0 Å². The fourth-order valence-electron chi connectivity index (χ4n) is 3.66. The molecule has 0 amide bonds. The van der Waals surface area contributed by atoms with E-state index in [2.05, 4.69) is 41.9 Å². The van der Waals surface area contributed by atoms with Gasteiger partial charge >= 0.3 is 0 Å². The summed E-state index contributed by atoms with van der Waals surface area (Å²) in [5.74, 6) is 0.602. The smallest absolute Gasteiger partial charge is 0.0501 e. The molecule has 1 heterocycles. The Kier molecular flexibility index (Phi) is 4.90. The van der Waals surface area contributed by atoms with Gasteiger partial charge in [0.15, 0.2) is 0 Å². The van der Waals surface area contributed by atoms with Crippen molar-refractivity contribution in [1.29, 1.82) is 0 Å². The van der Waals surface area contributed by atoms with Crippen molar-refractivity contribution < 1.29 is 0 Å². The summed E-state index contributed by atoms with van der Waals surface area (Å²) in [5.41, 5.74) is 5.02. The lowest BCUT2D eigenvalue weighted by Gasteiger charge is -2.35. The van der Waals surface area contributed by atoms with Gasteiger partial charge < -0.3 is 10.2 Å². The highest BCUT2D eigenvalue weighted by molar-refractivity contribution is 6.30. The van der Waals surface area contributed by atoms with Gasteiger partial charge in [0.05, 0.1) is 5.69 Å². The Morgan fingerprint density at radius 1 is 1.27 bits per heavy atom. The number of allylic oxidation sites excluding steroid dienone is 2. The predicted octanol–water partition coefficient (Wildman–Crippen LogP) is 5.25. The molecule has 0 unspecified atom stereocenters. The van der Waals surface area contributed by atoms with Gasteiger partial charge in [-0.1, -0.05) is 43.5 Å². The quantitative estimate of drug-likeness (QED) is 0.802. The Labute approximate surface area is 138 Å². The molecule has 1 aromatic carbocycles.